The minimum Gasteiger partial charge on any atom is -0.339 e. The van der Waals surface area contributed by atoms with Crippen LogP contribution in [0.1, 0.15) is 23.3 Å². The van der Waals surface area contributed by atoms with Gasteiger partial charge in [-0.2, -0.15) is 4.98 Å². The molecule has 7 heteroatoms. The number of hydrogen-bond donors (Lipinski definition) is 1. The van der Waals surface area contributed by atoms with Gasteiger partial charge in [-0.15, -0.1) is 0 Å². The van der Waals surface area contributed by atoms with E-state index in [4.69, 9.17) is 4.52 Å². The van der Waals surface area contributed by atoms with E-state index in [9.17, 15) is 8.42 Å². The van der Waals surface area contributed by atoms with Gasteiger partial charge in [0.1, 0.15) is 0 Å². The van der Waals surface area contributed by atoms with Crippen LogP contribution in [0.4, 0.5) is 0 Å². The second-order valence-corrected chi connectivity index (χ2v) is 6.81. The van der Waals surface area contributed by atoms with E-state index in [0.29, 0.717) is 29.6 Å². The van der Waals surface area contributed by atoms with Crippen LogP contribution in [0.25, 0.3) is 0 Å². The van der Waals surface area contributed by atoms with E-state index in [1.807, 2.05) is 12.1 Å². The maximum Gasteiger partial charge on any atom is 0.227 e. The molecule has 0 bridgehead atoms. The first-order valence-corrected chi connectivity index (χ1v) is 8.06. The third-order valence-electron chi connectivity index (χ3n) is 3.31. The fourth-order valence-corrected chi connectivity index (χ4v) is 4.19. The molecular weight excluding hydrogens is 278 g/mol. The van der Waals surface area contributed by atoms with Gasteiger partial charge >= 0.3 is 0 Å². The van der Waals surface area contributed by atoms with E-state index in [2.05, 4.69) is 15.5 Å². The molecule has 1 aromatic carbocycles. The molecule has 1 aliphatic heterocycles. The Hall–Kier alpha value is -1.73. The van der Waals surface area contributed by atoms with E-state index >= 15 is 0 Å². The molecule has 1 aliphatic rings. The van der Waals surface area contributed by atoms with Crippen molar-refractivity contribution in [2.24, 2.45) is 0 Å². The summed E-state index contributed by atoms with van der Waals surface area (Å²) in [6, 6.07) is 6.96. The predicted molar refractivity (Wildman–Crippen MR) is 72.0 cm³/mol. The van der Waals surface area contributed by atoms with Gasteiger partial charge in [0.05, 0.1) is 10.6 Å². The standard InChI is InChI=1S/C13H15N3O3S/c1-9-15-13(19-16-9)6-7-14-11-8-20(17,18)12-5-3-2-4-10(11)12/h2-5,11,14H,6-8H2,1H3. The third kappa shape index (κ3) is 2.46. The predicted octanol–water partition coefficient (Wildman–Crippen LogP) is 1.04. The van der Waals surface area contributed by atoms with Gasteiger partial charge in [0, 0.05) is 19.0 Å². The zero-order valence-corrected chi connectivity index (χ0v) is 11.9. The third-order valence-corrected chi connectivity index (χ3v) is 5.13. The summed E-state index contributed by atoms with van der Waals surface area (Å²) >= 11 is 0. The highest BCUT2D eigenvalue weighted by Gasteiger charge is 2.33. The maximum atomic E-state index is 12.0. The van der Waals surface area contributed by atoms with E-state index in [0.717, 1.165) is 5.56 Å². The van der Waals surface area contributed by atoms with Gasteiger partial charge in [0.25, 0.3) is 0 Å². The first-order chi connectivity index (χ1) is 9.56. The quantitative estimate of drug-likeness (QED) is 0.906. The van der Waals surface area contributed by atoms with Crippen LogP contribution < -0.4 is 5.32 Å². The molecule has 0 spiro atoms. The molecule has 1 atom stereocenters. The number of nitrogens with zero attached hydrogens (tertiary/aromatic N) is 2. The largest absolute Gasteiger partial charge is 0.339 e. The number of aromatic nitrogens is 2. The average Bonchev–Trinajstić information content (AvgIpc) is 2.93. The lowest BCUT2D eigenvalue weighted by molar-refractivity contribution is 0.370. The van der Waals surface area contributed by atoms with Gasteiger partial charge in [-0.25, -0.2) is 8.42 Å². The van der Waals surface area contributed by atoms with Crippen molar-refractivity contribution in [3.63, 3.8) is 0 Å². The van der Waals surface area contributed by atoms with Gasteiger partial charge in [0.2, 0.25) is 5.89 Å². The van der Waals surface area contributed by atoms with E-state index in [1.165, 1.54) is 0 Å². The summed E-state index contributed by atoms with van der Waals surface area (Å²) in [4.78, 5) is 4.55. The molecule has 0 aliphatic carbocycles. The normalized spacial score (nSPS) is 19.9. The lowest BCUT2D eigenvalue weighted by Crippen LogP contribution is -2.25. The number of nitrogens with one attached hydrogen (secondary N) is 1. The molecule has 0 saturated carbocycles. The molecule has 20 heavy (non-hydrogen) atoms. The smallest absolute Gasteiger partial charge is 0.227 e. The van der Waals surface area contributed by atoms with Crippen LogP contribution in [0.3, 0.4) is 0 Å². The monoisotopic (exact) mass is 293 g/mol. The van der Waals surface area contributed by atoms with Crippen LogP contribution in [-0.2, 0) is 16.3 Å². The van der Waals surface area contributed by atoms with Crippen molar-refractivity contribution >= 4 is 9.84 Å². The Morgan fingerprint density at radius 3 is 2.95 bits per heavy atom. The summed E-state index contributed by atoms with van der Waals surface area (Å²) in [5.41, 5.74) is 0.842. The molecule has 0 radical (unpaired) electrons. The zero-order chi connectivity index (χ0) is 14.2. The molecule has 0 saturated heterocycles. The summed E-state index contributed by atoms with van der Waals surface area (Å²) in [5.74, 6) is 1.27. The first kappa shape index (κ1) is 13.3. The molecule has 0 fully saturated rings. The summed E-state index contributed by atoms with van der Waals surface area (Å²) in [7, 11) is -3.16. The number of benzene rings is 1. The second kappa shape index (κ2) is 4.99. The Balaban J connectivity index is 1.68. The molecule has 2 aromatic rings. The number of sulfone groups is 1. The second-order valence-electron chi connectivity index (χ2n) is 4.81. The van der Waals surface area contributed by atoms with Crippen molar-refractivity contribution in [3.8, 4) is 0 Å². The number of hydrogen-bond acceptors (Lipinski definition) is 6. The van der Waals surface area contributed by atoms with Crippen molar-refractivity contribution in [3.05, 3.63) is 41.5 Å². The first-order valence-electron chi connectivity index (χ1n) is 6.40. The molecular formula is C13H15N3O3S. The van der Waals surface area contributed by atoms with Crippen LogP contribution in [0.5, 0.6) is 0 Å². The highest BCUT2D eigenvalue weighted by Crippen LogP contribution is 2.32. The van der Waals surface area contributed by atoms with E-state index < -0.39 is 9.84 Å². The number of aryl methyl sites for hydroxylation is 1. The Bertz CT molecular complexity index is 724. The Morgan fingerprint density at radius 1 is 1.40 bits per heavy atom. The van der Waals surface area contributed by atoms with Crippen molar-refractivity contribution in [1.29, 1.82) is 0 Å². The lowest BCUT2D eigenvalue weighted by atomic mass is 10.1. The highest BCUT2D eigenvalue weighted by molar-refractivity contribution is 7.91. The average molecular weight is 293 g/mol. The zero-order valence-electron chi connectivity index (χ0n) is 11.0. The van der Waals surface area contributed by atoms with Gasteiger partial charge in [-0.1, -0.05) is 23.4 Å². The lowest BCUT2D eigenvalue weighted by Gasteiger charge is -2.11. The van der Waals surface area contributed by atoms with Gasteiger partial charge < -0.3 is 9.84 Å². The van der Waals surface area contributed by atoms with E-state index in [1.54, 1.807) is 19.1 Å². The van der Waals surface area contributed by atoms with Crippen molar-refractivity contribution in [2.75, 3.05) is 12.3 Å². The molecule has 106 valence electrons. The molecule has 1 aromatic heterocycles. The molecule has 2 heterocycles. The van der Waals surface area contributed by atoms with Gasteiger partial charge in [0.15, 0.2) is 15.7 Å². The topological polar surface area (TPSA) is 85.1 Å². The fourth-order valence-electron chi connectivity index (χ4n) is 2.41. The molecule has 6 nitrogen and oxygen atoms in total. The minimum absolute atomic E-state index is 0.106. The molecule has 0 amide bonds. The molecule has 1 unspecified atom stereocenters. The van der Waals surface area contributed by atoms with E-state index in [-0.39, 0.29) is 11.8 Å². The molecule has 3 rings (SSSR count). The van der Waals surface area contributed by atoms with Crippen molar-refractivity contribution in [2.45, 2.75) is 24.3 Å². The van der Waals surface area contributed by atoms with Crippen LogP contribution >= 0.6 is 0 Å². The summed E-state index contributed by atoms with van der Waals surface area (Å²) in [5, 5.41) is 6.96. The highest BCUT2D eigenvalue weighted by atomic mass is 32.2. The molecule has 1 N–H and O–H groups in total. The Labute approximate surface area is 117 Å². The van der Waals surface area contributed by atoms with Crippen molar-refractivity contribution < 1.29 is 12.9 Å². The van der Waals surface area contributed by atoms with Crippen LogP contribution in [0.15, 0.2) is 33.7 Å². The SMILES string of the molecule is Cc1noc(CCNC2CS(=O)(=O)c3ccccc32)n1. The Morgan fingerprint density at radius 2 is 2.20 bits per heavy atom. The Kier molecular flexibility index (Phi) is 3.31. The number of rotatable bonds is 4. The van der Waals surface area contributed by atoms with Crippen molar-refractivity contribution in [1.82, 2.24) is 15.5 Å². The summed E-state index contributed by atoms with van der Waals surface area (Å²) < 4.78 is 29.1. The summed E-state index contributed by atoms with van der Waals surface area (Å²) in [6.45, 7) is 2.36. The van der Waals surface area contributed by atoms with Crippen LogP contribution in [0, 0.1) is 6.92 Å². The van der Waals surface area contributed by atoms with Crippen LogP contribution in [-0.4, -0.2) is 30.9 Å². The van der Waals surface area contributed by atoms with Crippen LogP contribution in [0.2, 0.25) is 0 Å². The van der Waals surface area contributed by atoms with Gasteiger partial charge in [-0.05, 0) is 18.6 Å². The maximum absolute atomic E-state index is 12.0. The summed E-state index contributed by atoms with van der Waals surface area (Å²) in [6.07, 6.45) is 0.583. The van der Waals surface area contributed by atoms with Gasteiger partial charge in [-0.3, -0.25) is 0 Å². The minimum atomic E-state index is -3.16. The number of fused-ring (bicyclic) bond motifs is 1. The fraction of sp³-hybridized carbons (Fsp3) is 0.385.